The van der Waals surface area contributed by atoms with Crippen LogP contribution in [0, 0.1) is 34.2 Å². The summed E-state index contributed by atoms with van der Waals surface area (Å²) in [6, 6.07) is 20.7. The molecule has 0 saturated heterocycles. The Kier molecular flexibility index (Phi) is 8.61. The van der Waals surface area contributed by atoms with Crippen LogP contribution in [0.1, 0.15) is 24.0 Å². The van der Waals surface area contributed by atoms with Gasteiger partial charge in [0.2, 0.25) is 5.91 Å². The van der Waals surface area contributed by atoms with Crippen molar-refractivity contribution >= 4 is 40.6 Å². The van der Waals surface area contributed by atoms with Crippen LogP contribution in [0.15, 0.2) is 94.7 Å². The van der Waals surface area contributed by atoms with Crippen molar-refractivity contribution < 1.29 is 18.9 Å². The highest BCUT2D eigenvalue weighted by Crippen LogP contribution is 2.42. The molecule has 3 aromatic rings. The Balaban J connectivity index is 1.61. The molecule has 0 saturated carbocycles. The van der Waals surface area contributed by atoms with Crippen LogP contribution in [0.2, 0.25) is 0 Å². The number of carbonyl (C=O) groups is 2. The summed E-state index contributed by atoms with van der Waals surface area (Å²) in [6.45, 7) is 3.51. The van der Waals surface area contributed by atoms with Gasteiger partial charge in [-0.2, -0.15) is 5.26 Å². The summed E-state index contributed by atoms with van der Waals surface area (Å²) in [6.07, 6.45) is 0. The van der Waals surface area contributed by atoms with Crippen LogP contribution >= 0.6 is 11.8 Å². The molecular weight excluding hydrogens is 533 g/mol. The highest BCUT2D eigenvalue weighted by molar-refractivity contribution is 8.03. The number of nitriles is 1. The third-order valence-electron chi connectivity index (χ3n) is 6.21. The number of rotatable bonds is 8. The van der Waals surface area contributed by atoms with Crippen LogP contribution in [0.4, 0.5) is 21.5 Å². The van der Waals surface area contributed by atoms with Gasteiger partial charge in [-0.3, -0.25) is 19.7 Å². The van der Waals surface area contributed by atoms with Crippen molar-refractivity contribution in [3.8, 4) is 6.07 Å². The van der Waals surface area contributed by atoms with E-state index in [1.54, 1.807) is 25.1 Å². The summed E-state index contributed by atoms with van der Waals surface area (Å²) < 4.78 is 15.1. The first kappa shape index (κ1) is 28.1. The molecule has 202 valence electrons. The number of allylic oxidation sites excluding steroid dienone is 2. The van der Waals surface area contributed by atoms with E-state index in [0.717, 1.165) is 17.3 Å². The number of anilines is 2. The molecule has 1 heterocycles. The van der Waals surface area contributed by atoms with E-state index in [1.165, 1.54) is 42.5 Å². The number of dihydropyridines is 1. The van der Waals surface area contributed by atoms with E-state index >= 15 is 4.39 Å². The fraction of sp³-hybridized carbons (Fsp3) is 0.138. The predicted octanol–water partition coefficient (Wildman–Crippen LogP) is 5.75. The van der Waals surface area contributed by atoms with Gasteiger partial charge in [-0.1, -0.05) is 48.2 Å². The Morgan fingerprint density at radius 2 is 1.73 bits per heavy atom. The van der Waals surface area contributed by atoms with Gasteiger partial charge in [-0.05, 0) is 43.7 Å². The maximum atomic E-state index is 15.1. The maximum absolute atomic E-state index is 15.1. The minimum absolute atomic E-state index is 0.0961. The minimum atomic E-state index is -1.02. The largest absolute Gasteiger partial charge is 0.353 e. The first-order valence-electron chi connectivity index (χ1n) is 12.1. The lowest BCUT2D eigenvalue weighted by Gasteiger charge is -2.30. The molecule has 3 aromatic carbocycles. The molecular formula is C29H24FN5O4S. The lowest BCUT2D eigenvalue weighted by Crippen LogP contribution is -2.31. The van der Waals surface area contributed by atoms with Gasteiger partial charge in [0.05, 0.1) is 33.3 Å². The molecule has 11 heteroatoms. The van der Waals surface area contributed by atoms with E-state index in [0.29, 0.717) is 22.1 Å². The third-order valence-corrected chi connectivity index (χ3v) is 7.23. The highest BCUT2D eigenvalue weighted by Gasteiger charge is 2.36. The summed E-state index contributed by atoms with van der Waals surface area (Å²) in [5, 5.41) is 29.9. The topological polar surface area (TPSA) is 137 Å². The predicted molar refractivity (Wildman–Crippen MR) is 152 cm³/mol. The first-order chi connectivity index (χ1) is 19.2. The second kappa shape index (κ2) is 12.3. The third kappa shape index (κ3) is 6.19. The number of hydrogen-bond donors (Lipinski definition) is 3. The number of benzene rings is 3. The second-order valence-corrected chi connectivity index (χ2v) is 9.87. The van der Waals surface area contributed by atoms with Crippen molar-refractivity contribution in [1.29, 1.82) is 5.26 Å². The summed E-state index contributed by atoms with van der Waals surface area (Å²) >= 11 is 1.03. The fourth-order valence-electron chi connectivity index (χ4n) is 4.25. The number of amides is 2. The zero-order valence-electron chi connectivity index (χ0n) is 21.5. The van der Waals surface area contributed by atoms with Crippen molar-refractivity contribution in [2.75, 3.05) is 16.4 Å². The smallest absolute Gasteiger partial charge is 0.269 e. The Labute approximate surface area is 233 Å². The molecule has 1 aliphatic rings. The lowest BCUT2D eigenvalue weighted by molar-refractivity contribution is -0.384. The summed E-state index contributed by atoms with van der Waals surface area (Å²) in [4.78, 5) is 36.5. The molecule has 40 heavy (non-hydrogen) atoms. The highest BCUT2D eigenvalue weighted by atomic mass is 32.2. The molecule has 4 rings (SSSR count). The monoisotopic (exact) mass is 557 g/mol. The van der Waals surface area contributed by atoms with E-state index in [2.05, 4.69) is 22.0 Å². The molecule has 3 N–H and O–H groups in total. The van der Waals surface area contributed by atoms with Crippen LogP contribution in [-0.4, -0.2) is 22.5 Å². The first-order valence-corrected chi connectivity index (χ1v) is 13.1. The average Bonchev–Trinajstić information content (AvgIpc) is 2.93. The molecule has 1 aliphatic heterocycles. The Morgan fingerprint density at radius 1 is 1.05 bits per heavy atom. The normalized spacial score (nSPS) is 14.7. The Morgan fingerprint density at radius 3 is 2.38 bits per heavy atom. The SMILES string of the molecule is CC1=C(C(=O)Nc2ccccc2C)[C@@H](c2ccccc2F)C(C#N)=C(SCC(=O)Nc2ccc([N+](=O)[O-])cc2)N1. The standard InChI is InChI=1S/C29H24FN5O4S/c1-17-7-3-6-10-24(17)34-28(37)26-18(2)32-29(22(15-31)27(26)21-8-4-5-9-23(21)30)40-16-25(36)33-19-11-13-20(14-12-19)35(38)39/h3-14,27,32H,16H2,1-2H3,(H,33,36)(H,34,37)/t27-/m0/s1. The van der Waals surface area contributed by atoms with Gasteiger partial charge in [0.25, 0.3) is 11.6 Å². The number of non-ortho nitro benzene ring substituents is 1. The van der Waals surface area contributed by atoms with Gasteiger partial charge in [0, 0.05) is 40.3 Å². The molecule has 0 fully saturated rings. The number of nitrogens with zero attached hydrogens (tertiary/aromatic N) is 2. The molecule has 0 unspecified atom stereocenters. The molecule has 0 aliphatic carbocycles. The maximum Gasteiger partial charge on any atom is 0.269 e. The summed E-state index contributed by atoms with van der Waals surface area (Å²) in [5.41, 5.74) is 2.55. The zero-order chi connectivity index (χ0) is 28.8. The van der Waals surface area contributed by atoms with E-state index in [-0.39, 0.29) is 28.1 Å². The molecule has 0 aromatic heterocycles. The van der Waals surface area contributed by atoms with Gasteiger partial charge in [-0.15, -0.1) is 0 Å². The number of halogens is 1. The molecule has 1 atom stereocenters. The average molecular weight is 558 g/mol. The number of nitro benzene ring substituents is 1. The van der Waals surface area contributed by atoms with Crippen molar-refractivity contribution in [3.63, 3.8) is 0 Å². The molecule has 0 bridgehead atoms. The molecule has 9 nitrogen and oxygen atoms in total. The van der Waals surface area contributed by atoms with Crippen LogP contribution < -0.4 is 16.0 Å². The van der Waals surface area contributed by atoms with E-state index in [4.69, 9.17) is 0 Å². The van der Waals surface area contributed by atoms with Gasteiger partial charge in [0.15, 0.2) is 0 Å². The van der Waals surface area contributed by atoms with Crippen LogP contribution in [0.5, 0.6) is 0 Å². The number of thioether (sulfide) groups is 1. The number of para-hydroxylation sites is 1. The van der Waals surface area contributed by atoms with Crippen LogP contribution in [0.3, 0.4) is 0 Å². The summed E-state index contributed by atoms with van der Waals surface area (Å²) in [5.74, 6) is -2.61. The lowest BCUT2D eigenvalue weighted by atomic mass is 9.82. The Bertz CT molecular complexity index is 1590. The van der Waals surface area contributed by atoms with Gasteiger partial charge in [0.1, 0.15) is 5.82 Å². The number of nitrogens with one attached hydrogen (secondary N) is 3. The van der Waals surface area contributed by atoms with Crippen molar-refractivity contribution in [2.24, 2.45) is 0 Å². The van der Waals surface area contributed by atoms with Crippen molar-refractivity contribution in [2.45, 2.75) is 19.8 Å². The molecule has 2 amide bonds. The zero-order valence-corrected chi connectivity index (χ0v) is 22.3. The van der Waals surface area contributed by atoms with Crippen molar-refractivity contribution in [1.82, 2.24) is 5.32 Å². The van der Waals surface area contributed by atoms with Crippen LogP contribution in [-0.2, 0) is 9.59 Å². The van der Waals surface area contributed by atoms with Crippen molar-refractivity contribution in [3.05, 3.63) is 122 Å². The summed E-state index contributed by atoms with van der Waals surface area (Å²) in [7, 11) is 0. The molecule has 0 spiro atoms. The van der Waals surface area contributed by atoms with E-state index in [9.17, 15) is 25.0 Å². The number of nitro groups is 1. The Hall–Kier alpha value is -4.95. The number of hydrogen-bond acceptors (Lipinski definition) is 7. The van der Waals surface area contributed by atoms with E-state index in [1.807, 2.05) is 19.1 Å². The van der Waals surface area contributed by atoms with Crippen LogP contribution in [0.25, 0.3) is 0 Å². The van der Waals surface area contributed by atoms with Gasteiger partial charge >= 0.3 is 0 Å². The quantitative estimate of drug-likeness (QED) is 0.237. The molecule has 0 radical (unpaired) electrons. The number of carbonyl (C=O) groups excluding carboxylic acids is 2. The van der Waals surface area contributed by atoms with Gasteiger partial charge < -0.3 is 16.0 Å². The fourth-order valence-corrected chi connectivity index (χ4v) is 5.14. The number of aryl methyl sites for hydroxylation is 1. The minimum Gasteiger partial charge on any atom is -0.353 e. The van der Waals surface area contributed by atoms with E-state index < -0.39 is 28.5 Å². The second-order valence-electron chi connectivity index (χ2n) is 8.88. The van der Waals surface area contributed by atoms with Gasteiger partial charge in [-0.25, -0.2) is 4.39 Å².